The SMILES string of the molecule is O=C1CN(Cc2ccc([C@H]3COc4ccccc4O3)cc2)CN1. The van der Waals surface area contributed by atoms with Crippen LogP contribution in [0, 0.1) is 0 Å². The molecule has 0 aliphatic carbocycles. The van der Waals surface area contributed by atoms with E-state index in [1.54, 1.807) is 0 Å². The van der Waals surface area contributed by atoms with Crippen LogP contribution in [0.4, 0.5) is 0 Å². The molecule has 2 aliphatic rings. The van der Waals surface area contributed by atoms with Crippen LogP contribution in [0.5, 0.6) is 11.5 Å². The van der Waals surface area contributed by atoms with E-state index in [0.717, 1.165) is 23.6 Å². The Balaban J connectivity index is 1.43. The number of ether oxygens (including phenoxy) is 2. The third-order valence-electron chi connectivity index (χ3n) is 4.13. The van der Waals surface area contributed by atoms with E-state index in [0.29, 0.717) is 19.8 Å². The van der Waals surface area contributed by atoms with Crippen molar-refractivity contribution in [1.82, 2.24) is 10.2 Å². The van der Waals surface area contributed by atoms with Gasteiger partial charge < -0.3 is 14.8 Å². The summed E-state index contributed by atoms with van der Waals surface area (Å²) >= 11 is 0. The van der Waals surface area contributed by atoms with Crippen molar-refractivity contribution in [3.05, 3.63) is 59.7 Å². The minimum atomic E-state index is -0.0889. The number of nitrogens with zero attached hydrogens (tertiary/aromatic N) is 1. The van der Waals surface area contributed by atoms with Crippen LogP contribution in [0.25, 0.3) is 0 Å². The van der Waals surface area contributed by atoms with Crippen molar-refractivity contribution in [1.29, 1.82) is 0 Å². The number of carbonyl (C=O) groups excluding carboxylic acids is 1. The Kier molecular flexibility index (Phi) is 3.63. The first kappa shape index (κ1) is 14.1. The van der Waals surface area contributed by atoms with Crippen molar-refractivity contribution < 1.29 is 14.3 Å². The number of rotatable bonds is 3. The lowest BCUT2D eigenvalue weighted by molar-refractivity contribution is -0.118. The predicted octanol–water partition coefficient (Wildman–Crippen LogP) is 2.09. The van der Waals surface area contributed by atoms with E-state index >= 15 is 0 Å². The first-order valence-electron chi connectivity index (χ1n) is 7.74. The molecule has 2 aromatic carbocycles. The first-order chi connectivity index (χ1) is 11.3. The zero-order chi connectivity index (χ0) is 15.6. The smallest absolute Gasteiger partial charge is 0.235 e. The summed E-state index contributed by atoms with van der Waals surface area (Å²) in [6, 6.07) is 16.0. The van der Waals surface area contributed by atoms with Crippen molar-refractivity contribution in [2.75, 3.05) is 19.8 Å². The molecule has 0 aromatic heterocycles. The fraction of sp³-hybridized carbons (Fsp3) is 0.278. The summed E-state index contributed by atoms with van der Waals surface area (Å²) in [5.74, 6) is 1.68. The Morgan fingerprint density at radius 1 is 1.09 bits per heavy atom. The van der Waals surface area contributed by atoms with Crippen molar-refractivity contribution in [3.63, 3.8) is 0 Å². The second-order valence-electron chi connectivity index (χ2n) is 5.85. The van der Waals surface area contributed by atoms with E-state index < -0.39 is 0 Å². The molecule has 4 rings (SSSR count). The van der Waals surface area contributed by atoms with Crippen LogP contribution < -0.4 is 14.8 Å². The molecule has 2 aliphatic heterocycles. The van der Waals surface area contributed by atoms with Crippen molar-refractivity contribution >= 4 is 5.91 Å². The minimum Gasteiger partial charge on any atom is -0.485 e. The molecular weight excluding hydrogens is 292 g/mol. The minimum absolute atomic E-state index is 0.0889. The van der Waals surface area contributed by atoms with Gasteiger partial charge >= 0.3 is 0 Å². The van der Waals surface area contributed by atoms with Crippen LogP contribution >= 0.6 is 0 Å². The quantitative estimate of drug-likeness (QED) is 0.943. The molecule has 0 bridgehead atoms. The number of hydrogen-bond donors (Lipinski definition) is 1. The van der Waals surface area contributed by atoms with Crippen molar-refractivity contribution in [3.8, 4) is 11.5 Å². The van der Waals surface area contributed by atoms with Gasteiger partial charge in [-0.25, -0.2) is 0 Å². The third-order valence-corrected chi connectivity index (χ3v) is 4.13. The standard InChI is InChI=1S/C18H18N2O3/c21-18-10-20(12-19-18)9-13-5-7-14(8-6-13)17-11-22-15-3-1-2-4-16(15)23-17/h1-8,17H,9-12H2,(H,19,21)/t17-/m1/s1. The largest absolute Gasteiger partial charge is 0.485 e. The molecule has 1 amide bonds. The average molecular weight is 310 g/mol. The van der Waals surface area contributed by atoms with E-state index in [9.17, 15) is 4.79 Å². The van der Waals surface area contributed by atoms with Gasteiger partial charge in [0.15, 0.2) is 17.6 Å². The summed E-state index contributed by atoms with van der Waals surface area (Å²) in [5.41, 5.74) is 2.28. The van der Waals surface area contributed by atoms with E-state index in [-0.39, 0.29) is 12.0 Å². The molecule has 0 spiro atoms. The number of amides is 1. The van der Waals surface area contributed by atoms with E-state index in [4.69, 9.17) is 9.47 Å². The van der Waals surface area contributed by atoms with Gasteiger partial charge in [0.05, 0.1) is 13.2 Å². The molecule has 1 saturated heterocycles. The molecule has 5 nitrogen and oxygen atoms in total. The van der Waals surface area contributed by atoms with Crippen LogP contribution in [0.2, 0.25) is 0 Å². The van der Waals surface area contributed by atoms with Crippen molar-refractivity contribution in [2.24, 2.45) is 0 Å². The van der Waals surface area contributed by atoms with Gasteiger partial charge in [-0.15, -0.1) is 0 Å². The van der Waals surface area contributed by atoms with Crippen LogP contribution in [0.15, 0.2) is 48.5 Å². The fourth-order valence-corrected chi connectivity index (χ4v) is 2.91. The second kappa shape index (κ2) is 5.93. The maximum Gasteiger partial charge on any atom is 0.235 e. The predicted molar refractivity (Wildman–Crippen MR) is 85.2 cm³/mol. The van der Waals surface area contributed by atoms with E-state index in [1.807, 2.05) is 24.3 Å². The van der Waals surface area contributed by atoms with Gasteiger partial charge in [-0.1, -0.05) is 36.4 Å². The van der Waals surface area contributed by atoms with Crippen LogP contribution in [-0.2, 0) is 11.3 Å². The van der Waals surface area contributed by atoms with E-state index in [2.05, 4.69) is 34.5 Å². The summed E-state index contributed by atoms with van der Waals surface area (Å²) in [6.45, 7) is 2.37. The Hall–Kier alpha value is -2.53. The molecular formula is C18H18N2O3. The third kappa shape index (κ3) is 3.00. The van der Waals surface area contributed by atoms with Gasteiger partial charge in [-0.05, 0) is 23.3 Å². The van der Waals surface area contributed by atoms with Gasteiger partial charge in [0.25, 0.3) is 0 Å². The van der Waals surface area contributed by atoms with E-state index in [1.165, 1.54) is 5.56 Å². The van der Waals surface area contributed by atoms with Gasteiger partial charge in [-0.3, -0.25) is 9.69 Å². The van der Waals surface area contributed by atoms with Crippen LogP contribution in [0.1, 0.15) is 17.2 Å². The van der Waals surface area contributed by atoms with Gasteiger partial charge in [0.1, 0.15) is 6.61 Å². The molecule has 0 unspecified atom stereocenters. The number of para-hydroxylation sites is 2. The van der Waals surface area contributed by atoms with Gasteiger partial charge in [0, 0.05) is 6.54 Å². The molecule has 2 aromatic rings. The van der Waals surface area contributed by atoms with Crippen molar-refractivity contribution in [2.45, 2.75) is 12.6 Å². The number of carbonyl (C=O) groups is 1. The number of nitrogens with one attached hydrogen (secondary N) is 1. The summed E-state index contributed by atoms with van der Waals surface area (Å²) in [6.07, 6.45) is -0.0889. The average Bonchev–Trinajstić information content (AvgIpc) is 3.00. The highest BCUT2D eigenvalue weighted by atomic mass is 16.6. The Bertz CT molecular complexity index is 714. The summed E-state index contributed by atoms with van der Waals surface area (Å²) in [5, 5.41) is 2.81. The number of hydrogen-bond acceptors (Lipinski definition) is 4. The molecule has 1 fully saturated rings. The van der Waals surface area contributed by atoms with Crippen LogP contribution in [-0.4, -0.2) is 30.6 Å². The Labute approximate surface area is 134 Å². The topological polar surface area (TPSA) is 50.8 Å². The Morgan fingerprint density at radius 2 is 1.87 bits per heavy atom. The molecule has 118 valence electrons. The fourth-order valence-electron chi connectivity index (χ4n) is 2.91. The summed E-state index contributed by atoms with van der Waals surface area (Å²) < 4.78 is 11.8. The molecule has 5 heteroatoms. The molecule has 0 radical (unpaired) electrons. The summed E-state index contributed by atoms with van der Waals surface area (Å²) in [4.78, 5) is 13.3. The number of benzene rings is 2. The lowest BCUT2D eigenvalue weighted by Crippen LogP contribution is -2.22. The maximum atomic E-state index is 11.2. The molecule has 23 heavy (non-hydrogen) atoms. The highest BCUT2D eigenvalue weighted by molar-refractivity contribution is 5.79. The zero-order valence-electron chi connectivity index (χ0n) is 12.7. The molecule has 0 saturated carbocycles. The normalized spacial score (nSPS) is 20.3. The number of fused-ring (bicyclic) bond motifs is 1. The first-order valence-corrected chi connectivity index (χ1v) is 7.74. The molecule has 1 N–H and O–H groups in total. The zero-order valence-corrected chi connectivity index (χ0v) is 12.7. The highest BCUT2D eigenvalue weighted by Gasteiger charge is 2.22. The molecule has 2 heterocycles. The van der Waals surface area contributed by atoms with Gasteiger partial charge in [-0.2, -0.15) is 0 Å². The van der Waals surface area contributed by atoms with Gasteiger partial charge in [0.2, 0.25) is 5.91 Å². The second-order valence-corrected chi connectivity index (χ2v) is 5.85. The maximum absolute atomic E-state index is 11.2. The Morgan fingerprint density at radius 3 is 2.61 bits per heavy atom. The van der Waals surface area contributed by atoms with Crippen LogP contribution in [0.3, 0.4) is 0 Å². The lowest BCUT2D eigenvalue weighted by atomic mass is 10.1. The molecule has 1 atom stereocenters. The summed E-state index contributed by atoms with van der Waals surface area (Å²) in [7, 11) is 0. The monoisotopic (exact) mass is 310 g/mol. The highest BCUT2D eigenvalue weighted by Crippen LogP contribution is 2.35. The lowest BCUT2D eigenvalue weighted by Gasteiger charge is -2.26.